The van der Waals surface area contributed by atoms with Crippen LogP contribution in [0.5, 0.6) is 0 Å². The van der Waals surface area contributed by atoms with Gasteiger partial charge in [-0.1, -0.05) is 84.9 Å². The quantitative estimate of drug-likeness (QED) is 0.126. The standard InChI is InChI=1S/C36H34N8/c37-33(41-23-25-7-3-1-4-8-25)27-15-19-31(20-16-27)43-35(39)29-11-13-30(14-12-29)36(40)44-32-21-17-28(18-22-32)34(38)42-24-26-9-5-2-6-10-26/h1-22H,23-24H2,(H2,37,41)(H2,38,42)(H2,39,43)(H2,40,44). The first-order valence-corrected chi connectivity index (χ1v) is 14.1. The Morgan fingerprint density at radius 2 is 0.659 bits per heavy atom. The summed E-state index contributed by atoms with van der Waals surface area (Å²) in [6.07, 6.45) is 0. The summed E-state index contributed by atoms with van der Waals surface area (Å²) in [7, 11) is 0. The van der Waals surface area contributed by atoms with Crippen LogP contribution in [-0.4, -0.2) is 23.3 Å². The van der Waals surface area contributed by atoms with E-state index in [0.717, 1.165) is 33.4 Å². The molecule has 0 unspecified atom stereocenters. The number of nitrogens with zero attached hydrogens (tertiary/aromatic N) is 4. The van der Waals surface area contributed by atoms with Crippen molar-refractivity contribution in [2.45, 2.75) is 13.1 Å². The number of hydrogen-bond acceptors (Lipinski definition) is 4. The molecule has 0 aromatic heterocycles. The summed E-state index contributed by atoms with van der Waals surface area (Å²) in [5.41, 5.74) is 31.8. The Labute approximate surface area is 257 Å². The molecule has 5 aromatic rings. The van der Waals surface area contributed by atoms with E-state index in [2.05, 4.69) is 20.0 Å². The molecule has 44 heavy (non-hydrogen) atoms. The smallest absolute Gasteiger partial charge is 0.131 e. The van der Waals surface area contributed by atoms with Gasteiger partial charge in [0.1, 0.15) is 23.3 Å². The van der Waals surface area contributed by atoms with Crippen molar-refractivity contribution >= 4 is 34.7 Å². The van der Waals surface area contributed by atoms with Gasteiger partial charge in [0.15, 0.2) is 0 Å². The fourth-order valence-electron chi connectivity index (χ4n) is 4.33. The summed E-state index contributed by atoms with van der Waals surface area (Å²) < 4.78 is 0. The Kier molecular flexibility index (Phi) is 9.54. The second-order valence-corrected chi connectivity index (χ2v) is 10.0. The first-order chi connectivity index (χ1) is 21.4. The maximum Gasteiger partial charge on any atom is 0.131 e. The average molecular weight is 579 g/mol. The molecule has 8 heteroatoms. The molecule has 0 aliphatic heterocycles. The Bertz CT molecular complexity index is 1650. The molecular weight excluding hydrogens is 544 g/mol. The Morgan fingerprint density at radius 3 is 1.00 bits per heavy atom. The van der Waals surface area contributed by atoms with Gasteiger partial charge in [-0.15, -0.1) is 0 Å². The third kappa shape index (κ3) is 8.04. The Morgan fingerprint density at radius 1 is 0.364 bits per heavy atom. The lowest BCUT2D eigenvalue weighted by atomic mass is 10.1. The first kappa shape index (κ1) is 29.5. The van der Waals surface area contributed by atoms with Crippen LogP contribution in [0.2, 0.25) is 0 Å². The second kappa shape index (κ2) is 14.2. The lowest BCUT2D eigenvalue weighted by Gasteiger charge is -2.06. The lowest BCUT2D eigenvalue weighted by Crippen LogP contribution is -2.16. The topological polar surface area (TPSA) is 154 Å². The molecule has 0 saturated carbocycles. The fourth-order valence-corrected chi connectivity index (χ4v) is 4.33. The van der Waals surface area contributed by atoms with E-state index in [1.165, 1.54) is 0 Å². The number of nitrogens with two attached hydrogens (primary N) is 4. The van der Waals surface area contributed by atoms with Crippen LogP contribution in [0.3, 0.4) is 0 Å². The van der Waals surface area contributed by atoms with Crippen LogP contribution in [0.4, 0.5) is 11.4 Å². The average Bonchev–Trinajstić information content (AvgIpc) is 3.07. The molecule has 0 spiro atoms. The van der Waals surface area contributed by atoms with Crippen LogP contribution < -0.4 is 22.9 Å². The Balaban J connectivity index is 1.20. The van der Waals surface area contributed by atoms with E-state index in [1.807, 2.05) is 133 Å². The summed E-state index contributed by atoms with van der Waals surface area (Å²) in [6.45, 7) is 1.05. The minimum Gasteiger partial charge on any atom is -0.383 e. The van der Waals surface area contributed by atoms with Crippen LogP contribution in [0.1, 0.15) is 33.4 Å². The number of amidine groups is 4. The highest BCUT2D eigenvalue weighted by molar-refractivity contribution is 6.03. The van der Waals surface area contributed by atoms with Crippen LogP contribution >= 0.6 is 0 Å². The summed E-state index contributed by atoms with van der Waals surface area (Å²) in [6, 6.07) is 42.4. The van der Waals surface area contributed by atoms with Crippen molar-refractivity contribution in [3.05, 3.63) is 167 Å². The van der Waals surface area contributed by atoms with Gasteiger partial charge in [0.05, 0.1) is 24.5 Å². The zero-order valence-electron chi connectivity index (χ0n) is 24.2. The zero-order valence-corrected chi connectivity index (χ0v) is 24.2. The minimum atomic E-state index is 0.382. The molecule has 8 nitrogen and oxygen atoms in total. The molecule has 0 saturated heterocycles. The van der Waals surface area contributed by atoms with Gasteiger partial charge < -0.3 is 22.9 Å². The lowest BCUT2D eigenvalue weighted by molar-refractivity contribution is 1.06. The van der Waals surface area contributed by atoms with Gasteiger partial charge >= 0.3 is 0 Å². The summed E-state index contributed by atoms with van der Waals surface area (Å²) in [5, 5.41) is 0. The zero-order chi connectivity index (χ0) is 30.7. The maximum atomic E-state index is 6.30. The number of benzene rings is 5. The van der Waals surface area contributed by atoms with E-state index >= 15 is 0 Å². The first-order valence-electron chi connectivity index (χ1n) is 14.1. The normalized spacial score (nSPS) is 12.7. The van der Waals surface area contributed by atoms with E-state index in [9.17, 15) is 0 Å². The van der Waals surface area contributed by atoms with Gasteiger partial charge in [-0.25, -0.2) is 9.98 Å². The Hall–Kier alpha value is -6.02. The third-order valence-corrected chi connectivity index (χ3v) is 6.85. The van der Waals surface area contributed by atoms with Gasteiger partial charge in [-0.3, -0.25) is 9.98 Å². The van der Waals surface area contributed by atoms with Gasteiger partial charge in [-0.2, -0.15) is 0 Å². The molecule has 0 aliphatic rings. The highest BCUT2D eigenvalue weighted by Gasteiger charge is 2.05. The van der Waals surface area contributed by atoms with E-state index in [1.54, 1.807) is 0 Å². The number of hydrogen-bond donors (Lipinski definition) is 4. The van der Waals surface area contributed by atoms with E-state index in [4.69, 9.17) is 22.9 Å². The van der Waals surface area contributed by atoms with Crippen molar-refractivity contribution in [1.82, 2.24) is 0 Å². The molecule has 0 radical (unpaired) electrons. The summed E-state index contributed by atoms with van der Waals surface area (Å²) in [4.78, 5) is 18.1. The minimum absolute atomic E-state index is 0.382. The largest absolute Gasteiger partial charge is 0.383 e. The van der Waals surface area contributed by atoms with Crippen molar-refractivity contribution < 1.29 is 0 Å². The second-order valence-electron chi connectivity index (χ2n) is 10.0. The van der Waals surface area contributed by atoms with Gasteiger partial charge in [-0.05, 0) is 59.7 Å². The molecule has 5 aromatic carbocycles. The number of aliphatic imine (C=N–C) groups is 4. The van der Waals surface area contributed by atoms with E-state index in [0.29, 0.717) is 47.8 Å². The van der Waals surface area contributed by atoms with Crippen LogP contribution in [0.25, 0.3) is 0 Å². The third-order valence-electron chi connectivity index (χ3n) is 6.85. The van der Waals surface area contributed by atoms with Crippen molar-refractivity contribution in [2.24, 2.45) is 42.9 Å². The SMILES string of the molecule is NC(=NCc1ccccc1)c1ccc(N=C(N)c2ccc(C(N)=Nc3ccc(C(N)=NCc4ccccc4)cc3)cc2)cc1. The summed E-state index contributed by atoms with van der Waals surface area (Å²) in [5.74, 6) is 1.71. The molecular formula is C36H34N8. The van der Waals surface area contributed by atoms with Crippen molar-refractivity contribution in [3.8, 4) is 0 Å². The molecule has 8 N–H and O–H groups in total. The van der Waals surface area contributed by atoms with Crippen LogP contribution in [0.15, 0.2) is 153 Å². The van der Waals surface area contributed by atoms with Gasteiger partial charge in [0, 0.05) is 22.3 Å². The van der Waals surface area contributed by atoms with Crippen molar-refractivity contribution in [3.63, 3.8) is 0 Å². The molecule has 5 rings (SSSR count). The molecule has 0 fully saturated rings. The van der Waals surface area contributed by atoms with Crippen molar-refractivity contribution in [2.75, 3.05) is 0 Å². The number of rotatable bonds is 10. The summed E-state index contributed by atoms with van der Waals surface area (Å²) >= 11 is 0. The molecule has 218 valence electrons. The van der Waals surface area contributed by atoms with Crippen LogP contribution in [-0.2, 0) is 13.1 Å². The molecule has 0 aliphatic carbocycles. The highest BCUT2D eigenvalue weighted by atomic mass is 14.9. The van der Waals surface area contributed by atoms with E-state index in [-0.39, 0.29) is 0 Å². The molecule has 0 atom stereocenters. The molecule has 0 bridgehead atoms. The van der Waals surface area contributed by atoms with E-state index < -0.39 is 0 Å². The maximum absolute atomic E-state index is 6.30. The predicted molar refractivity (Wildman–Crippen MR) is 182 cm³/mol. The van der Waals surface area contributed by atoms with Crippen molar-refractivity contribution in [1.29, 1.82) is 0 Å². The van der Waals surface area contributed by atoms with Gasteiger partial charge in [0.25, 0.3) is 0 Å². The fraction of sp³-hybridized carbons (Fsp3) is 0.0556. The highest BCUT2D eigenvalue weighted by Crippen LogP contribution is 2.17. The molecule has 0 amide bonds. The predicted octanol–water partition coefficient (Wildman–Crippen LogP) is 5.57. The monoisotopic (exact) mass is 578 g/mol. The molecule has 0 heterocycles. The van der Waals surface area contributed by atoms with Crippen LogP contribution in [0, 0.1) is 0 Å². The van der Waals surface area contributed by atoms with Gasteiger partial charge in [0.2, 0.25) is 0 Å².